The average molecular weight is 292 g/mol. The van der Waals surface area contributed by atoms with Crippen LogP contribution in [0.5, 0.6) is 0 Å². The van der Waals surface area contributed by atoms with Gasteiger partial charge in [0.1, 0.15) is 0 Å². The fraction of sp³-hybridized carbons (Fsp3) is 0.588. The molecule has 0 unspecified atom stereocenters. The number of hydrogen-bond donors (Lipinski definition) is 3. The highest BCUT2D eigenvalue weighted by atomic mass is 16.3. The molecule has 21 heavy (non-hydrogen) atoms. The molecule has 1 rings (SSSR count). The first-order valence-corrected chi connectivity index (χ1v) is 7.75. The summed E-state index contributed by atoms with van der Waals surface area (Å²) >= 11 is 0. The van der Waals surface area contributed by atoms with E-state index in [1.54, 1.807) is 0 Å². The van der Waals surface area contributed by atoms with Crippen LogP contribution in [0.15, 0.2) is 30.3 Å². The van der Waals surface area contributed by atoms with Crippen LogP contribution in [0.1, 0.15) is 38.7 Å². The third-order valence-corrected chi connectivity index (χ3v) is 4.40. The minimum absolute atomic E-state index is 0.0829. The zero-order valence-electron chi connectivity index (χ0n) is 13.1. The highest BCUT2D eigenvalue weighted by molar-refractivity contribution is 5.81. The lowest BCUT2D eigenvalue weighted by atomic mass is 9.83. The minimum Gasteiger partial charge on any atom is -0.396 e. The molecule has 0 aromatic heterocycles. The molecule has 0 fully saturated rings. The van der Waals surface area contributed by atoms with Crippen molar-refractivity contribution in [2.45, 2.75) is 45.6 Å². The summed E-state index contributed by atoms with van der Waals surface area (Å²) in [4.78, 5) is 12.0. The molecule has 1 aromatic carbocycles. The Morgan fingerprint density at radius 3 is 2.43 bits per heavy atom. The van der Waals surface area contributed by atoms with Gasteiger partial charge in [0.25, 0.3) is 0 Å². The van der Waals surface area contributed by atoms with Crippen molar-refractivity contribution in [2.75, 3.05) is 13.2 Å². The van der Waals surface area contributed by atoms with Crippen molar-refractivity contribution in [1.29, 1.82) is 0 Å². The van der Waals surface area contributed by atoms with E-state index < -0.39 is 6.04 Å². The maximum atomic E-state index is 12.0. The molecule has 4 N–H and O–H groups in total. The number of hydrogen-bond acceptors (Lipinski definition) is 3. The zero-order valence-corrected chi connectivity index (χ0v) is 13.1. The Morgan fingerprint density at radius 1 is 1.29 bits per heavy atom. The van der Waals surface area contributed by atoms with Gasteiger partial charge in [-0.3, -0.25) is 4.79 Å². The normalized spacial score (nSPS) is 13.0. The van der Waals surface area contributed by atoms with Gasteiger partial charge in [0.2, 0.25) is 5.91 Å². The fourth-order valence-electron chi connectivity index (χ4n) is 2.28. The van der Waals surface area contributed by atoms with Gasteiger partial charge in [0.05, 0.1) is 12.6 Å². The highest BCUT2D eigenvalue weighted by Crippen LogP contribution is 2.24. The van der Waals surface area contributed by atoms with Crippen LogP contribution in [0.2, 0.25) is 0 Å². The van der Waals surface area contributed by atoms with Crippen molar-refractivity contribution in [2.24, 2.45) is 11.1 Å². The smallest absolute Gasteiger partial charge is 0.236 e. The monoisotopic (exact) mass is 292 g/mol. The van der Waals surface area contributed by atoms with Crippen LogP contribution in [-0.2, 0) is 11.2 Å². The molecular weight excluding hydrogens is 264 g/mol. The first kappa shape index (κ1) is 17.7. The summed E-state index contributed by atoms with van der Waals surface area (Å²) in [5.41, 5.74) is 6.90. The van der Waals surface area contributed by atoms with Crippen LogP contribution in [-0.4, -0.2) is 30.2 Å². The van der Waals surface area contributed by atoms with Crippen molar-refractivity contribution in [3.63, 3.8) is 0 Å². The Balaban J connectivity index is 2.40. The van der Waals surface area contributed by atoms with Crippen molar-refractivity contribution in [3.05, 3.63) is 35.9 Å². The van der Waals surface area contributed by atoms with Crippen LogP contribution in [0.4, 0.5) is 0 Å². The van der Waals surface area contributed by atoms with Gasteiger partial charge in [-0.1, -0.05) is 44.2 Å². The number of rotatable bonds is 9. The Bertz CT molecular complexity index is 408. The maximum absolute atomic E-state index is 12.0. The first-order chi connectivity index (χ1) is 10.1. The van der Waals surface area contributed by atoms with E-state index in [0.717, 1.165) is 19.3 Å². The molecule has 0 radical (unpaired) electrons. The Labute approximate surface area is 127 Å². The van der Waals surface area contributed by atoms with E-state index in [9.17, 15) is 9.90 Å². The van der Waals surface area contributed by atoms with E-state index in [2.05, 4.69) is 5.32 Å². The Kier molecular flexibility index (Phi) is 7.40. The van der Waals surface area contributed by atoms with Crippen molar-refractivity contribution in [1.82, 2.24) is 5.32 Å². The minimum atomic E-state index is -0.504. The lowest BCUT2D eigenvalue weighted by Crippen LogP contribution is -2.46. The van der Waals surface area contributed by atoms with Gasteiger partial charge in [-0.15, -0.1) is 0 Å². The van der Waals surface area contributed by atoms with Crippen LogP contribution >= 0.6 is 0 Å². The third kappa shape index (κ3) is 5.48. The van der Waals surface area contributed by atoms with Crippen LogP contribution in [0.3, 0.4) is 0 Å². The van der Waals surface area contributed by atoms with E-state index in [1.807, 2.05) is 44.2 Å². The summed E-state index contributed by atoms with van der Waals surface area (Å²) < 4.78 is 0. The number of carbonyl (C=O) groups is 1. The Morgan fingerprint density at radius 2 is 1.90 bits per heavy atom. The number of amides is 1. The molecule has 0 aliphatic heterocycles. The van der Waals surface area contributed by atoms with Crippen LogP contribution in [0.25, 0.3) is 0 Å². The molecule has 0 bridgehead atoms. The molecule has 1 atom stereocenters. The standard InChI is InChI=1S/C17H28N2O2/c1-3-17(4-2,13-20)12-19-16(21)15(18)11-10-14-8-6-5-7-9-14/h5-9,15,20H,3-4,10-13,18H2,1-2H3,(H,19,21)/t15-/m0/s1. The number of nitrogens with two attached hydrogens (primary N) is 1. The molecule has 0 aliphatic rings. The number of aliphatic hydroxyl groups is 1. The molecule has 0 aliphatic carbocycles. The summed E-state index contributed by atoms with van der Waals surface area (Å²) in [7, 11) is 0. The molecule has 0 saturated carbocycles. The first-order valence-electron chi connectivity index (χ1n) is 7.75. The number of benzene rings is 1. The van der Waals surface area contributed by atoms with Crippen LogP contribution in [0, 0.1) is 5.41 Å². The lowest BCUT2D eigenvalue weighted by Gasteiger charge is -2.30. The lowest BCUT2D eigenvalue weighted by molar-refractivity contribution is -0.123. The van der Waals surface area contributed by atoms with Crippen LogP contribution < -0.4 is 11.1 Å². The summed E-state index contributed by atoms with van der Waals surface area (Å²) in [6.45, 7) is 4.62. The topological polar surface area (TPSA) is 75.3 Å². The van der Waals surface area contributed by atoms with E-state index in [-0.39, 0.29) is 17.9 Å². The van der Waals surface area contributed by atoms with Crippen molar-refractivity contribution >= 4 is 5.91 Å². The van der Waals surface area contributed by atoms with Gasteiger partial charge >= 0.3 is 0 Å². The van der Waals surface area contributed by atoms with Gasteiger partial charge in [0.15, 0.2) is 0 Å². The number of aliphatic hydroxyl groups excluding tert-OH is 1. The van der Waals surface area contributed by atoms with Gasteiger partial charge in [-0.2, -0.15) is 0 Å². The summed E-state index contributed by atoms with van der Waals surface area (Å²) in [5.74, 6) is -0.134. The van der Waals surface area contributed by atoms with E-state index in [1.165, 1.54) is 5.56 Å². The van der Waals surface area contributed by atoms with Gasteiger partial charge in [-0.25, -0.2) is 0 Å². The number of carbonyl (C=O) groups excluding carboxylic acids is 1. The summed E-state index contributed by atoms with van der Waals surface area (Å²) in [6, 6.07) is 9.51. The molecule has 0 spiro atoms. The van der Waals surface area contributed by atoms with Gasteiger partial charge < -0.3 is 16.2 Å². The molecule has 118 valence electrons. The molecule has 4 nitrogen and oxygen atoms in total. The number of nitrogens with one attached hydrogen (secondary N) is 1. The predicted molar refractivity (Wildman–Crippen MR) is 85.8 cm³/mol. The zero-order chi connectivity index (χ0) is 15.7. The molecule has 4 heteroatoms. The molecule has 0 saturated heterocycles. The van der Waals surface area contributed by atoms with Crippen molar-refractivity contribution in [3.8, 4) is 0 Å². The predicted octanol–water partition coefficient (Wildman–Crippen LogP) is 1.86. The van der Waals surface area contributed by atoms with E-state index in [0.29, 0.717) is 13.0 Å². The number of aryl methyl sites for hydroxylation is 1. The third-order valence-electron chi connectivity index (χ3n) is 4.40. The van der Waals surface area contributed by atoms with Gasteiger partial charge in [-0.05, 0) is 31.2 Å². The fourth-order valence-corrected chi connectivity index (χ4v) is 2.28. The second kappa shape index (κ2) is 8.80. The molecule has 1 aromatic rings. The average Bonchev–Trinajstić information content (AvgIpc) is 2.55. The van der Waals surface area contributed by atoms with E-state index in [4.69, 9.17) is 5.73 Å². The molecule has 1 amide bonds. The summed E-state index contributed by atoms with van der Waals surface area (Å²) in [5, 5.41) is 12.4. The molecular formula is C17H28N2O2. The maximum Gasteiger partial charge on any atom is 0.236 e. The van der Waals surface area contributed by atoms with E-state index >= 15 is 0 Å². The van der Waals surface area contributed by atoms with Gasteiger partial charge in [0, 0.05) is 12.0 Å². The highest BCUT2D eigenvalue weighted by Gasteiger charge is 2.26. The second-order valence-corrected chi connectivity index (χ2v) is 5.71. The quantitative estimate of drug-likeness (QED) is 0.650. The summed E-state index contributed by atoms with van der Waals surface area (Å²) in [6.07, 6.45) is 3.08. The second-order valence-electron chi connectivity index (χ2n) is 5.71. The molecule has 0 heterocycles. The van der Waals surface area contributed by atoms with Crippen molar-refractivity contribution < 1.29 is 9.90 Å². The Hall–Kier alpha value is -1.39. The largest absolute Gasteiger partial charge is 0.396 e. The SMILES string of the molecule is CCC(CC)(CO)CNC(=O)[C@@H](N)CCc1ccccc1.